The van der Waals surface area contributed by atoms with E-state index in [2.05, 4.69) is 4.72 Å². The summed E-state index contributed by atoms with van der Waals surface area (Å²) in [7, 11) is -3.82. The first-order chi connectivity index (χ1) is 11.3. The van der Waals surface area contributed by atoms with Gasteiger partial charge in [-0.25, -0.2) is 13.1 Å². The van der Waals surface area contributed by atoms with Crippen LogP contribution in [0.1, 0.15) is 43.4 Å². The second kappa shape index (κ2) is 7.59. The monoisotopic (exact) mass is 346 g/mol. The predicted octanol–water partition coefficient (Wildman–Crippen LogP) is 1.97. The number of benzene rings is 2. The van der Waals surface area contributed by atoms with Crippen LogP contribution in [-0.4, -0.2) is 14.4 Å². The van der Waals surface area contributed by atoms with E-state index in [9.17, 15) is 18.3 Å². The van der Waals surface area contributed by atoms with Gasteiger partial charge in [-0.1, -0.05) is 56.3 Å². The summed E-state index contributed by atoms with van der Waals surface area (Å²) in [4.78, 5) is 11.1. The van der Waals surface area contributed by atoms with Crippen molar-refractivity contribution in [2.45, 2.75) is 37.1 Å². The maximum Gasteiger partial charge on any atom is 0.241 e. The molecule has 5 nitrogen and oxygen atoms in total. The van der Waals surface area contributed by atoms with E-state index >= 15 is 0 Å². The first kappa shape index (κ1) is 18.2. The van der Waals surface area contributed by atoms with Crippen molar-refractivity contribution in [3.63, 3.8) is 0 Å². The van der Waals surface area contributed by atoms with Gasteiger partial charge in [-0.05, 0) is 29.2 Å². The molecule has 1 N–H and O–H groups in total. The second-order valence-electron chi connectivity index (χ2n) is 5.88. The van der Waals surface area contributed by atoms with E-state index in [1.807, 2.05) is 26.0 Å². The molecule has 0 aliphatic rings. The molecule has 0 unspecified atom stereocenters. The fraction of sp³-hybridized carbons (Fsp3) is 0.278. The lowest BCUT2D eigenvalue weighted by Crippen LogP contribution is -2.34. The minimum atomic E-state index is -3.82. The van der Waals surface area contributed by atoms with Crippen molar-refractivity contribution in [2.75, 3.05) is 0 Å². The Morgan fingerprint density at radius 2 is 1.54 bits per heavy atom. The lowest BCUT2D eigenvalue weighted by molar-refractivity contribution is -0.306. The number of nitrogens with one attached hydrogen (secondary N) is 1. The molecule has 0 aliphatic carbocycles. The summed E-state index contributed by atoms with van der Waals surface area (Å²) in [6.45, 7) is 4.09. The molecular formula is C18H20NO4S-. The predicted molar refractivity (Wildman–Crippen MR) is 89.7 cm³/mol. The highest BCUT2D eigenvalue weighted by Gasteiger charge is 2.21. The number of aliphatic carboxylic acids is 1. The number of carbonyl (C=O) groups is 1. The van der Waals surface area contributed by atoms with E-state index in [-0.39, 0.29) is 4.90 Å². The molecule has 2 aromatic carbocycles. The van der Waals surface area contributed by atoms with Gasteiger partial charge >= 0.3 is 0 Å². The third-order valence-electron chi connectivity index (χ3n) is 3.73. The first-order valence-electron chi connectivity index (χ1n) is 7.66. The van der Waals surface area contributed by atoms with Gasteiger partial charge in [0.15, 0.2) is 0 Å². The highest BCUT2D eigenvalue weighted by atomic mass is 32.2. The van der Waals surface area contributed by atoms with Gasteiger partial charge in [-0.2, -0.15) is 0 Å². The maximum absolute atomic E-state index is 12.4. The zero-order valence-corrected chi connectivity index (χ0v) is 14.4. The molecule has 0 radical (unpaired) electrons. The highest BCUT2D eigenvalue weighted by Crippen LogP contribution is 2.23. The van der Waals surface area contributed by atoms with Crippen molar-refractivity contribution in [2.24, 2.45) is 0 Å². The molecule has 128 valence electrons. The van der Waals surface area contributed by atoms with Crippen LogP contribution in [0.5, 0.6) is 0 Å². The fourth-order valence-corrected chi connectivity index (χ4v) is 3.61. The smallest absolute Gasteiger partial charge is 0.241 e. The zero-order valence-electron chi connectivity index (χ0n) is 13.6. The van der Waals surface area contributed by atoms with Crippen LogP contribution in [0.2, 0.25) is 0 Å². The van der Waals surface area contributed by atoms with Gasteiger partial charge in [-0.15, -0.1) is 0 Å². The van der Waals surface area contributed by atoms with Crippen LogP contribution in [0.4, 0.5) is 0 Å². The molecule has 0 fully saturated rings. The van der Waals surface area contributed by atoms with E-state index in [4.69, 9.17) is 0 Å². The van der Waals surface area contributed by atoms with Gasteiger partial charge in [-0.3, -0.25) is 0 Å². The number of hydrogen-bond acceptors (Lipinski definition) is 4. The highest BCUT2D eigenvalue weighted by molar-refractivity contribution is 7.89. The van der Waals surface area contributed by atoms with Crippen LogP contribution >= 0.6 is 0 Å². The molecule has 2 aromatic rings. The normalized spacial score (nSPS) is 13.0. The number of rotatable bonds is 7. The molecule has 1 atom stereocenters. The molecule has 24 heavy (non-hydrogen) atoms. The molecule has 0 saturated carbocycles. The van der Waals surface area contributed by atoms with Crippen LogP contribution in [0, 0.1) is 0 Å². The quantitative estimate of drug-likeness (QED) is 0.830. The van der Waals surface area contributed by atoms with Crippen molar-refractivity contribution >= 4 is 16.0 Å². The molecule has 0 spiro atoms. The Morgan fingerprint density at radius 3 is 2.04 bits per heavy atom. The number of carboxylic acid groups (broad SMARTS) is 1. The van der Waals surface area contributed by atoms with E-state index in [1.165, 1.54) is 12.1 Å². The number of hydrogen-bond donors (Lipinski definition) is 1. The van der Waals surface area contributed by atoms with Crippen LogP contribution in [0.3, 0.4) is 0 Å². The maximum atomic E-state index is 12.4. The van der Waals surface area contributed by atoms with Crippen molar-refractivity contribution < 1.29 is 18.3 Å². The lowest BCUT2D eigenvalue weighted by Gasteiger charge is -2.20. The van der Waals surface area contributed by atoms with Crippen LogP contribution in [0.15, 0.2) is 59.5 Å². The Morgan fingerprint density at radius 1 is 1.00 bits per heavy atom. The van der Waals surface area contributed by atoms with Gasteiger partial charge in [0, 0.05) is 12.4 Å². The SMILES string of the molecule is CC(C)c1ccc([C@H](CC(=O)[O-])NS(=O)(=O)c2ccccc2)cc1. The zero-order chi connectivity index (χ0) is 17.7. The van der Waals surface area contributed by atoms with E-state index in [0.717, 1.165) is 5.56 Å². The number of carbonyl (C=O) groups excluding carboxylic acids is 1. The first-order valence-corrected chi connectivity index (χ1v) is 9.15. The molecule has 2 rings (SSSR count). The van der Waals surface area contributed by atoms with Gasteiger partial charge in [0.05, 0.1) is 10.9 Å². The molecule has 0 saturated heterocycles. The summed E-state index contributed by atoms with van der Waals surface area (Å²) in [6, 6.07) is 14.2. The lowest BCUT2D eigenvalue weighted by atomic mass is 9.98. The Kier molecular flexibility index (Phi) is 5.75. The van der Waals surface area contributed by atoms with E-state index < -0.39 is 28.5 Å². The van der Waals surface area contributed by atoms with Crippen LogP contribution in [0.25, 0.3) is 0 Å². The Balaban J connectivity index is 2.30. The summed E-state index contributed by atoms with van der Waals surface area (Å²) in [5.74, 6) is -0.983. The average Bonchev–Trinajstić information content (AvgIpc) is 2.54. The molecule has 0 amide bonds. The molecule has 0 aliphatic heterocycles. The van der Waals surface area contributed by atoms with Crippen molar-refractivity contribution in [3.8, 4) is 0 Å². The second-order valence-corrected chi connectivity index (χ2v) is 7.60. The standard InChI is InChI=1S/C18H21NO4S/c1-13(2)14-8-10-15(11-9-14)17(12-18(20)21)19-24(22,23)16-6-4-3-5-7-16/h3-11,13,17,19H,12H2,1-2H3,(H,20,21)/p-1/t17-/m0/s1. The number of sulfonamides is 1. The number of carboxylic acids is 1. The van der Waals surface area contributed by atoms with Gasteiger partial charge in [0.25, 0.3) is 0 Å². The Labute approximate surface area is 142 Å². The summed E-state index contributed by atoms with van der Waals surface area (Å²) >= 11 is 0. The summed E-state index contributed by atoms with van der Waals surface area (Å²) in [6.07, 6.45) is -0.437. The fourth-order valence-electron chi connectivity index (χ4n) is 2.36. The van der Waals surface area contributed by atoms with Crippen molar-refractivity contribution in [1.29, 1.82) is 0 Å². The molecular weight excluding hydrogens is 326 g/mol. The average molecular weight is 346 g/mol. The third-order valence-corrected chi connectivity index (χ3v) is 5.21. The van der Waals surface area contributed by atoms with Crippen LogP contribution in [-0.2, 0) is 14.8 Å². The summed E-state index contributed by atoms with van der Waals surface area (Å²) in [5, 5.41) is 11.0. The topological polar surface area (TPSA) is 86.3 Å². The largest absolute Gasteiger partial charge is 0.550 e. The Hall–Kier alpha value is -2.18. The molecule has 6 heteroatoms. The van der Waals surface area contributed by atoms with Gasteiger partial charge in [0.2, 0.25) is 10.0 Å². The van der Waals surface area contributed by atoms with E-state index in [1.54, 1.807) is 30.3 Å². The third kappa shape index (κ3) is 4.66. The summed E-state index contributed by atoms with van der Waals surface area (Å²) < 4.78 is 27.4. The minimum absolute atomic E-state index is 0.0900. The van der Waals surface area contributed by atoms with Gasteiger partial charge in [0.1, 0.15) is 0 Å². The summed E-state index contributed by atoms with van der Waals surface area (Å²) in [5.41, 5.74) is 1.68. The minimum Gasteiger partial charge on any atom is -0.550 e. The van der Waals surface area contributed by atoms with Crippen LogP contribution < -0.4 is 9.83 Å². The van der Waals surface area contributed by atoms with Gasteiger partial charge < -0.3 is 9.90 Å². The van der Waals surface area contributed by atoms with Crippen molar-refractivity contribution in [1.82, 2.24) is 4.72 Å². The molecule has 0 heterocycles. The molecule has 0 aromatic heterocycles. The van der Waals surface area contributed by atoms with Crippen molar-refractivity contribution in [3.05, 3.63) is 65.7 Å². The molecule has 0 bridgehead atoms. The Bertz CT molecular complexity index is 784. The van der Waals surface area contributed by atoms with E-state index in [0.29, 0.717) is 11.5 Å².